The Morgan fingerprint density at radius 1 is 1.14 bits per heavy atom. The summed E-state index contributed by atoms with van der Waals surface area (Å²) in [5.74, 6) is -2.10. The van der Waals surface area contributed by atoms with Gasteiger partial charge in [-0.25, -0.2) is 9.18 Å². The van der Waals surface area contributed by atoms with Crippen LogP contribution in [-0.4, -0.2) is 42.2 Å². The number of Topliss-reactive ketones (excluding diaryl/α,β-unsaturated/α-hetero) is 1. The van der Waals surface area contributed by atoms with Gasteiger partial charge in [-0.05, 0) is 51.7 Å². The number of hydrogen-bond donors (Lipinski definition) is 2. The Morgan fingerprint density at radius 2 is 1.94 bits per heavy atom. The molecule has 1 atom stereocenters. The van der Waals surface area contributed by atoms with Crippen molar-refractivity contribution in [1.82, 2.24) is 15.5 Å². The van der Waals surface area contributed by atoms with Gasteiger partial charge in [-0.1, -0.05) is 6.07 Å². The topological polar surface area (TPSA) is 118 Å². The number of carbonyl (C=O) groups is 4. The maximum absolute atomic E-state index is 14.8. The maximum atomic E-state index is 14.8. The molecule has 3 heterocycles. The van der Waals surface area contributed by atoms with E-state index in [1.54, 1.807) is 12.1 Å². The van der Waals surface area contributed by atoms with Gasteiger partial charge in [-0.3, -0.25) is 19.7 Å². The number of carbonyl (C=O) groups excluding carboxylic acids is 4. The SMILES string of the molecule is COc1ccc2c(c1F)C(=O)N(CC1(c3cc4cc5c(c(Br)c4o3)C(=O)CC5)NC(=O)NC1=O)C2. The van der Waals surface area contributed by atoms with Gasteiger partial charge in [0, 0.05) is 23.9 Å². The van der Waals surface area contributed by atoms with E-state index >= 15 is 0 Å². The third kappa shape index (κ3) is 2.97. The van der Waals surface area contributed by atoms with Crippen molar-refractivity contribution in [3.05, 3.63) is 62.6 Å². The molecule has 2 aliphatic heterocycles. The highest BCUT2D eigenvalue weighted by molar-refractivity contribution is 9.10. The normalized spacial score (nSPS) is 20.9. The molecule has 1 aliphatic carbocycles. The number of fused-ring (bicyclic) bond motifs is 3. The van der Waals surface area contributed by atoms with Crippen molar-refractivity contribution >= 4 is 50.5 Å². The van der Waals surface area contributed by atoms with E-state index in [1.165, 1.54) is 18.1 Å². The Balaban J connectivity index is 1.44. The molecular formula is C24H17BrFN3O6. The number of amides is 4. The Morgan fingerprint density at radius 3 is 2.66 bits per heavy atom. The average molecular weight is 542 g/mol. The molecule has 2 N–H and O–H groups in total. The van der Waals surface area contributed by atoms with Gasteiger partial charge in [0.05, 0.1) is 23.7 Å². The number of ether oxygens (including phenoxy) is 1. The number of furan rings is 1. The Bertz CT molecular complexity index is 1510. The number of methoxy groups -OCH3 is 1. The minimum atomic E-state index is -1.75. The number of nitrogens with zero attached hydrogens (tertiary/aromatic N) is 1. The van der Waals surface area contributed by atoms with E-state index in [0.29, 0.717) is 39.4 Å². The van der Waals surface area contributed by atoms with E-state index in [-0.39, 0.29) is 35.9 Å². The second kappa shape index (κ2) is 7.38. The second-order valence-electron chi connectivity index (χ2n) is 8.77. The van der Waals surface area contributed by atoms with Gasteiger partial charge in [-0.15, -0.1) is 0 Å². The molecule has 1 saturated heterocycles. The van der Waals surface area contributed by atoms with Crippen LogP contribution in [0.1, 0.15) is 44.0 Å². The highest BCUT2D eigenvalue weighted by atomic mass is 79.9. The monoisotopic (exact) mass is 541 g/mol. The number of nitrogens with one attached hydrogen (secondary N) is 2. The molecule has 35 heavy (non-hydrogen) atoms. The maximum Gasteiger partial charge on any atom is 0.322 e. The minimum Gasteiger partial charge on any atom is -0.494 e. The van der Waals surface area contributed by atoms with E-state index in [2.05, 4.69) is 26.6 Å². The van der Waals surface area contributed by atoms with Crippen LogP contribution in [0.15, 0.2) is 33.2 Å². The van der Waals surface area contributed by atoms with Gasteiger partial charge in [0.1, 0.15) is 11.3 Å². The predicted octanol–water partition coefficient (Wildman–Crippen LogP) is 3.16. The number of urea groups is 1. The van der Waals surface area contributed by atoms with Crippen LogP contribution in [0.2, 0.25) is 0 Å². The van der Waals surface area contributed by atoms with Gasteiger partial charge < -0.3 is 19.4 Å². The van der Waals surface area contributed by atoms with Crippen molar-refractivity contribution in [3.63, 3.8) is 0 Å². The number of rotatable bonds is 4. The number of aryl methyl sites for hydroxylation is 1. The summed E-state index contributed by atoms with van der Waals surface area (Å²) in [4.78, 5) is 52.1. The number of hydrogen-bond acceptors (Lipinski definition) is 6. The first-order valence-electron chi connectivity index (χ1n) is 10.8. The second-order valence-corrected chi connectivity index (χ2v) is 9.56. The molecule has 0 bridgehead atoms. The molecule has 1 fully saturated rings. The molecule has 6 rings (SSSR count). The van der Waals surface area contributed by atoms with Crippen molar-refractivity contribution in [2.24, 2.45) is 0 Å². The van der Waals surface area contributed by atoms with Gasteiger partial charge >= 0.3 is 6.03 Å². The van der Waals surface area contributed by atoms with Crippen LogP contribution in [0.5, 0.6) is 5.75 Å². The first-order valence-corrected chi connectivity index (χ1v) is 11.6. The zero-order valence-electron chi connectivity index (χ0n) is 18.3. The Labute approximate surface area is 205 Å². The van der Waals surface area contributed by atoms with Gasteiger partial charge in [0.2, 0.25) is 0 Å². The summed E-state index contributed by atoms with van der Waals surface area (Å²) in [6.07, 6.45) is 1.01. The molecule has 3 aromatic rings. The number of ketones is 1. The molecule has 0 radical (unpaired) electrons. The van der Waals surface area contributed by atoms with Crippen molar-refractivity contribution < 1.29 is 32.7 Å². The zero-order chi connectivity index (χ0) is 24.6. The standard InChI is InChI=1S/C24H17BrFN3O6/c1-34-14-5-3-11-8-29(21(31)17(11)19(14)26)9-24(22(32)27-23(33)28-24)15-7-12-6-10-2-4-13(30)16(10)18(25)20(12)35-15/h3,5-7H,2,4,8-9H2,1H3,(H2,27,28,32,33). The van der Waals surface area contributed by atoms with Crippen LogP contribution >= 0.6 is 15.9 Å². The third-order valence-electron chi connectivity index (χ3n) is 6.80. The van der Waals surface area contributed by atoms with Crippen LogP contribution in [0.25, 0.3) is 11.0 Å². The summed E-state index contributed by atoms with van der Waals surface area (Å²) in [5.41, 5.74) is 0.325. The van der Waals surface area contributed by atoms with Crippen molar-refractivity contribution in [3.8, 4) is 5.75 Å². The zero-order valence-corrected chi connectivity index (χ0v) is 19.9. The number of halogens is 2. The van der Waals surface area contributed by atoms with Crippen molar-refractivity contribution in [2.75, 3.05) is 13.7 Å². The van der Waals surface area contributed by atoms with E-state index in [0.717, 1.165) is 5.56 Å². The Kier molecular flexibility index (Phi) is 4.59. The molecule has 11 heteroatoms. The summed E-state index contributed by atoms with van der Waals surface area (Å²) in [6.45, 7) is -0.261. The smallest absolute Gasteiger partial charge is 0.322 e. The predicted molar refractivity (Wildman–Crippen MR) is 123 cm³/mol. The number of imide groups is 1. The van der Waals surface area contributed by atoms with Gasteiger partial charge in [-0.2, -0.15) is 0 Å². The highest BCUT2D eigenvalue weighted by Gasteiger charge is 2.53. The van der Waals surface area contributed by atoms with Gasteiger partial charge in [0.25, 0.3) is 11.8 Å². The average Bonchev–Trinajstić information content (AvgIpc) is 3.55. The van der Waals surface area contributed by atoms with Crippen molar-refractivity contribution in [2.45, 2.75) is 24.9 Å². The molecule has 3 aliphatic rings. The fourth-order valence-electron chi connectivity index (χ4n) is 5.10. The van der Waals surface area contributed by atoms with E-state index in [1.807, 2.05) is 6.07 Å². The molecule has 0 spiro atoms. The largest absolute Gasteiger partial charge is 0.494 e. The van der Waals surface area contributed by atoms with Gasteiger partial charge in [0.15, 0.2) is 22.9 Å². The lowest BCUT2D eigenvalue weighted by atomic mass is 9.95. The summed E-state index contributed by atoms with van der Waals surface area (Å²) < 4.78 is 26.3. The lowest BCUT2D eigenvalue weighted by Gasteiger charge is -2.29. The van der Waals surface area contributed by atoms with E-state index in [9.17, 15) is 23.6 Å². The quantitative estimate of drug-likeness (QED) is 0.490. The molecule has 2 aromatic carbocycles. The first-order chi connectivity index (χ1) is 16.7. The third-order valence-corrected chi connectivity index (χ3v) is 7.55. The van der Waals surface area contributed by atoms with Crippen LogP contribution in [0.4, 0.5) is 9.18 Å². The minimum absolute atomic E-state index is 0.00812. The first kappa shape index (κ1) is 21.8. The van der Waals surface area contributed by atoms with Crippen LogP contribution < -0.4 is 15.4 Å². The molecule has 0 saturated carbocycles. The highest BCUT2D eigenvalue weighted by Crippen LogP contribution is 2.41. The fraction of sp³-hybridized carbons (Fsp3) is 0.250. The van der Waals surface area contributed by atoms with Crippen LogP contribution in [0, 0.1) is 5.82 Å². The van der Waals surface area contributed by atoms with Crippen LogP contribution in [0.3, 0.4) is 0 Å². The Hall–Kier alpha value is -3.73. The lowest BCUT2D eigenvalue weighted by molar-refractivity contribution is -0.125. The molecule has 1 unspecified atom stereocenters. The summed E-state index contributed by atoms with van der Waals surface area (Å²) in [5, 5.41) is 5.45. The summed E-state index contributed by atoms with van der Waals surface area (Å²) in [7, 11) is 1.30. The van der Waals surface area contributed by atoms with E-state index in [4.69, 9.17) is 9.15 Å². The molecule has 1 aromatic heterocycles. The molecular weight excluding hydrogens is 525 g/mol. The van der Waals surface area contributed by atoms with Crippen molar-refractivity contribution in [1.29, 1.82) is 0 Å². The fourth-order valence-corrected chi connectivity index (χ4v) is 5.89. The summed E-state index contributed by atoms with van der Waals surface area (Å²) >= 11 is 3.46. The van der Waals surface area contributed by atoms with Crippen LogP contribution in [-0.2, 0) is 23.3 Å². The molecule has 178 valence electrons. The van der Waals surface area contributed by atoms with E-state index < -0.39 is 29.2 Å². The molecule has 4 amide bonds. The molecule has 9 nitrogen and oxygen atoms in total. The number of benzene rings is 2. The lowest BCUT2D eigenvalue weighted by Crippen LogP contribution is -2.52. The summed E-state index contributed by atoms with van der Waals surface area (Å²) in [6, 6.07) is 5.72.